The van der Waals surface area contributed by atoms with Crippen molar-refractivity contribution in [2.75, 3.05) is 12.8 Å². The molecule has 1 amide bonds. The number of amides is 1. The minimum absolute atomic E-state index is 0.0442. The summed E-state index contributed by atoms with van der Waals surface area (Å²) in [5.41, 5.74) is 3.13. The fraction of sp³-hybridized carbons (Fsp3) is 0.292. The minimum atomic E-state index is -0.0757. The molecule has 0 bridgehead atoms. The third kappa shape index (κ3) is 4.41. The molecule has 0 fully saturated rings. The van der Waals surface area contributed by atoms with Crippen LogP contribution in [0.15, 0.2) is 47.8 Å². The predicted molar refractivity (Wildman–Crippen MR) is 130 cm³/mol. The number of phenolic OH excluding ortho intramolecular Hbond substituents is 2. The molecule has 0 spiro atoms. The number of nitrogens with zero attached hydrogens (tertiary/aromatic N) is 4. The van der Waals surface area contributed by atoms with E-state index < -0.39 is 0 Å². The Balaban J connectivity index is 1.85. The molecule has 8 nitrogen and oxygen atoms in total. The van der Waals surface area contributed by atoms with Crippen molar-refractivity contribution in [3.8, 4) is 28.6 Å². The molecule has 0 saturated heterocycles. The molecule has 0 aliphatic rings. The predicted octanol–water partition coefficient (Wildman–Crippen LogP) is 4.19. The molecule has 2 aromatic heterocycles. The van der Waals surface area contributed by atoms with E-state index in [9.17, 15) is 15.0 Å². The zero-order valence-electron chi connectivity index (χ0n) is 19.0. The minimum Gasteiger partial charge on any atom is -0.508 e. The molecule has 0 saturated carbocycles. The van der Waals surface area contributed by atoms with E-state index in [1.54, 1.807) is 13.1 Å². The molecular weight excluding hydrogens is 438 g/mol. The van der Waals surface area contributed by atoms with Crippen molar-refractivity contribution < 1.29 is 15.0 Å². The van der Waals surface area contributed by atoms with E-state index in [-0.39, 0.29) is 23.3 Å². The molecule has 4 aromatic rings. The standard InChI is InChI=1S/C24H27N5O3S/c1-14(2)17-12-18(21(31)13-20(17)30)23-26-27-24(33-10-8-22(32)25-3)29(23)16-5-6-19-15(11-16)7-9-28(19)4/h5-7,9,11-14,30-31H,8,10H2,1-4H3,(H,25,32). The van der Waals surface area contributed by atoms with Crippen LogP contribution in [0.25, 0.3) is 28.0 Å². The van der Waals surface area contributed by atoms with Gasteiger partial charge in [-0.2, -0.15) is 0 Å². The van der Waals surface area contributed by atoms with Gasteiger partial charge in [0.1, 0.15) is 11.5 Å². The molecule has 9 heteroatoms. The van der Waals surface area contributed by atoms with Gasteiger partial charge in [0.15, 0.2) is 11.0 Å². The van der Waals surface area contributed by atoms with E-state index in [0.717, 1.165) is 16.6 Å². The third-order valence-electron chi connectivity index (χ3n) is 5.61. The highest BCUT2D eigenvalue weighted by Gasteiger charge is 2.22. The van der Waals surface area contributed by atoms with E-state index in [2.05, 4.69) is 15.5 Å². The van der Waals surface area contributed by atoms with Crippen molar-refractivity contribution in [1.29, 1.82) is 0 Å². The number of aromatic nitrogens is 4. The Morgan fingerprint density at radius 1 is 1.12 bits per heavy atom. The summed E-state index contributed by atoms with van der Waals surface area (Å²) in [6, 6.07) is 11.2. The van der Waals surface area contributed by atoms with E-state index in [1.807, 2.05) is 60.5 Å². The number of carbonyl (C=O) groups excluding carboxylic acids is 1. The first-order chi connectivity index (χ1) is 15.8. The van der Waals surface area contributed by atoms with Crippen LogP contribution in [0.4, 0.5) is 0 Å². The average molecular weight is 466 g/mol. The summed E-state index contributed by atoms with van der Waals surface area (Å²) >= 11 is 1.42. The van der Waals surface area contributed by atoms with Crippen molar-refractivity contribution >= 4 is 28.6 Å². The normalized spacial score (nSPS) is 11.4. The quantitative estimate of drug-likeness (QED) is 0.354. The maximum Gasteiger partial charge on any atom is 0.220 e. The fourth-order valence-corrected chi connectivity index (χ4v) is 4.66. The Labute approximate surface area is 196 Å². The van der Waals surface area contributed by atoms with E-state index in [0.29, 0.717) is 34.3 Å². The van der Waals surface area contributed by atoms with Gasteiger partial charge < -0.3 is 20.1 Å². The number of phenols is 2. The molecule has 0 unspecified atom stereocenters. The molecular formula is C24H27N5O3S. The number of rotatable bonds is 7. The molecule has 2 aromatic carbocycles. The average Bonchev–Trinajstić information content (AvgIpc) is 3.36. The molecule has 0 radical (unpaired) electrons. The summed E-state index contributed by atoms with van der Waals surface area (Å²) in [6.07, 6.45) is 2.35. The molecule has 4 rings (SSSR count). The lowest BCUT2D eigenvalue weighted by Crippen LogP contribution is -2.17. The largest absolute Gasteiger partial charge is 0.508 e. The highest BCUT2D eigenvalue weighted by Crippen LogP contribution is 2.39. The Morgan fingerprint density at radius 2 is 1.91 bits per heavy atom. The van der Waals surface area contributed by atoms with Crippen molar-refractivity contribution in [2.24, 2.45) is 7.05 Å². The van der Waals surface area contributed by atoms with Crippen LogP contribution in [0.1, 0.15) is 31.7 Å². The fourth-order valence-electron chi connectivity index (χ4n) is 3.77. The van der Waals surface area contributed by atoms with Crippen LogP contribution in [0.5, 0.6) is 11.5 Å². The second-order valence-corrected chi connectivity index (χ2v) is 9.23. The van der Waals surface area contributed by atoms with Crippen LogP contribution in [-0.4, -0.2) is 48.3 Å². The molecule has 0 aliphatic carbocycles. The van der Waals surface area contributed by atoms with Crippen LogP contribution in [0, 0.1) is 0 Å². The van der Waals surface area contributed by atoms with Crippen molar-refractivity contribution in [3.63, 3.8) is 0 Å². The van der Waals surface area contributed by atoms with Crippen LogP contribution < -0.4 is 5.32 Å². The molecule has 0 aliphatic heterocycles. The SMILES string of the molecule is CNC(=O)CCSc1nnc(-c2cc(C(C)C)c(O)cc2O)n1-c1ccc2c(ccn2C)c1. The van der Waals surface area contributed by atoms with Gasteiger partial charge in [0.25, 0.3) is 0 Å². The summed E-state index contributed by atoms with van der Waals surface area (Å²) < 4.78 is 3.93. The van der Waals surface area contributed by atoms with Crippen LogP contribution in [-0.2, 0) is 11.8 Å². The Kier molecular flexibility index (Phi) is 6.33. The topological polar surface area (TPSA) is 105 Å². The number of hydrogen-bond acceptors (Lipinski definition) is 6. The highest BCUT2D eigenvalue weighted by atomic mass is 32.2. The number of aryl methyl sites for hydroxylation is 1. The number of nitrogens with one attached hydrogen (secondary N) is 1. The maximum atomic E-state index is 11.7. The third-order valence-corrected chi connectivity index (χ3v) is 6.54. The molecule has 0 atom stereocenters. The number of thioether (sulfide) groups is 1. The lowest BCUT2D eigenvalue weighted by Gasteiger charge is -2.15. The van der Waals surface area contributed by atoms with Crippen LogP contribution in [0.3, 0.4) is 0 Å². The first kappa shape index (κ1) is 22.7. The first-order valence-electron chi connectivity index (χ1n) is 10.7. The van der Waals surface area contributed by atoms with Gasteiger partial charge >= 0.3 is 0 Å². The van der Waals surface area contributed by atoms with Gasteiger partial charge in [0.2, 0.25) is 5.91 Å². The van der Waals surface area contributed by atoms with Crippen molar-refractivity contribution in [2.45, 2.75) is 31.3 Å². The number of fused-ring (bicyclic) bond motifs is 1. The second-order valence-electron chi connectivity index (χ2n) is 8.17. The molecule has 172 valence electrons. The summed E-state index contributed by atoms with van der Waals surface area (Å²) in [4.78, 5) is 11.7. The van der Waals surface area contributed by atoms with Gasteiger partial charge in [-0.3, -0.25) is 9.36 Å². The van der Waals surface area contributed by atoms with E-state index in [4.69, 9.17) is 0 Å². The lowest BCUT2D eigenvalue weighted by atomic mass is 9.98. The van der Waals surface area contributed by atoms with Gasteiger partial charge in [-0.1, -0.05) is 25.6 Å². The smallest absolute Gasteiger partial charge is 0.220 e. The highest BCUT2D eigenvalue weighted by molar-refractivity contribution is 7.99. The zero-order chi connectivity index (χ0) is 23.7. The summed E-state index contributed by atoms with van der Waals surface area (Å²) in [5, 5.41) is 34.1. The van der Waals surface area contributed by atoms with E-state index >= 15 is 0 Å². The summed E-state index contributed by atoms with van der Waals surface area (Å²) in [5.74, 6) is 0.980. The van der Waals surface area contributed by atoms with Gasteiger partial charge in [-0.05, 0) is 41.8 Å². The second kappa shape index (κ2) is 9.19. The molecule has 33 heavy (non-hydrogen) atoms. The Bertz CT molecular complexity index is 1330. The lowest BCUT2D eigenvalue weighted by molar-refractivity contribution is -0.120. The Morgan fingerprint density at radius 3 is 2.64 bits per heavy atom. The first-order valence-corrected chi connectivity index (χ1v) is 11.7. The molecule has 3 N–H and O–H groups in total. The van der Waals surface area contributed by atoms with Crippen molar-refractivity contribution in [1.82, 2.24) is 24.6 Å². The van der Waals surface area contributed by atoms with E-state index in [1.165, 1.54) is 17.8 Å². The molecule has 2 heterocycles. The number of benzene rings is 2. The van der Waals surface area contributed by atoms with Gasteiger partial charge in [-0.25, -0.2) is 0 Å². The number of hydrogen-bond donors (Lipinski definition) is 3. The number of aromatic hydroxyl groups is 2. The van der Waals surface area contributed by atoms with Crippen molar-refractivity contribution in [3.05, 3.63) is 48.2 Å². The maximum absolute atomic E-state index is 11.7. The Hall–Kier alpha value is -3.46. The van der Waals surface area contributed by atoms with Gasteiger partial charge in [0.05, 0.1) is 11.3 Å². The monoisotopic (exact) mass is 465 g/mol. The van der Waals surface area contributed by atoms with Crippen LogP contribution in [0.2, 0.25) is 0 Å². The zero-order valence-corrected chi connectivity index (χ0v) is 19.8. The van der Waals surface area contributed by atoms with Gasteiger partial charge in [0, 0.05) is 49.4 Å². The van der Waals surface area contributed by atoms with Gasteiger partial charge in [-0.15, -0.1) is 10.2 Å². The summed E-state index contributed by atoms with van der Waals surface area (Å²) in [6.45, 7) is 3.95. The number of carbonyl (C=O) groups is 1. The summed E-state index contributed by atoms with van der Waals surface area (Å²) in [7, 11) is 3.61. The van der Waals surface area contributed by atoms with Crippen LogP contribution >= 0.6 is 11.8 Å².